The van der Waals surface area contributed by atoms with Crippen LogP contribution in [0.25, 0.3) is 6.08 Å². The van der Waals surface area contributed by atoms with Gasteiger partial charge in [0.25, 0.3) is 5.91 Å². The first-order valence-electron chi connectivity index (χ1n) is 8.67. The largest absolute Gasteiger partial charge is 0.494 e. The molecular weight excluding hydrogens is 369 g/mol. The third-order valence-corrected chi connectivity index (χ3v) is 3.80. The molecule has 0 spiro atoms. The van der Waals surface area contributed by atoms with Crippen LogP contribution in [-0.4, -0.2) is 12.5 Å². The van der Waals surface area contributed by atoms with Gasteiger partial charge >= 0.3 is 6.18 Å². The molecule has 1 amide bonds. The van der Waals surface area contributed by atoms with E-state index in [4.69, 9.17) is 4.74 Å². The van der Waals surface area contributed by atoms with Crippen molar-refractivity contribution in [3.63, 3.8) is 0 Å². The Balaban J connectivity index is 2.15. The molecule has 0 saturated carbocycles. The molecule has 0 bridgehead atoms. The van der Waals surface area contributed by atoms with Crippen LogP contribution < -0.4 is 10.1 Å². The SMILES string of the molecule is CCCCOc1ccc(/C=C(\C#N)C(=O)Nc2ccccc2C(F)(F)F)cc1. The fraction of sp³-hybridized carbons (Fsp3) is 0.238. The van der Waals surface area contributed by atoms with Crippen molar-refractivity contribution in [1.29, 1.82) is 5.26 Å². The van der Waals surface area contributed by atoms with Gasteiger partial charge in [-0.15, -0.1) is 0 Å². The summed E-state index contributed by atoms with van der Waals surface area (Å²) in [6, 6.07) is 13.0. The highest BCUT2D eigenvalue weighted by atomic mass is 19.4. The highest BCUT2D eigenvalue weighted by Gasteiger charge is 2.33. The predicted octanol–water partition coefficient (Wildman–Crippen LogP) is 5.43. The molecule has 0 fully saturated rings. The molecule has 0 aliphatic carbocycles. The number of unbranched alkanes of at least 4 members (excludes halogenated alkanes) is 1. The summed E-state index contributed by atoms with van der Waals surface area (Å²) in [6.07, 6.45) is -1.37. The fourth-order valence-corrected chi connectivity index (χ4v) is 2.34. The van der Waals surface area contributed by atoms with Crippen LogP contribution in [0.15, 0.2) is 54.1 Å². The number of anilines is 1. The minimum atomic E-state index is -4.62. The van der Waals surface area contributed by atoms with Crippen molar-refractivity contribution in [3.05, 3.63) is 65.2 Å². The highest BCUT2D eigenvalue weighted by molar-refractivity contribution is 6.10. The topological polar surface area (TPSA) is 62.1 Å². The number of rotatable bonds is 7. The number of hydrogen-bond acceptors (Lipinski definition) is 3. The van der Waals surface area contributed by atoms with Gasteiger partial charge in [0.15, 0.2) is 0 Å². The summed E-state index contributed by atoms with van der Waals surface area (Å²) < 4.78 is 44.6. The van der Waals surface area contributed by atoms with E-state index in [1.54, 1.807) is 30.3 Å². The zero-order valence-corrected chi connectivity index (χ0v) is 15.2. The number of carbonyl (C=O) groups excluding carboxylic acids is 1. The Hall–Kier alpha value is -3.27. The molecule has 4 nitrogen and oxygen atoms in total. The number of alkyl halides is 3. The van der Waals surface area contributed by atoms with E-state index in [0.29, 0.717) is 17.9 Å². The van der Waals surface area contributed by atoms with Crippen molar-refractivity contribution in [2.45, 2.75) is 25.9 Å². The van der Waals surface area contributed by atoms with Crippen LogP contribution in [0, 0.1) is 11.3 Å². The van der Waals surface area contributed by atoms with Crippen LogP contribution in [0.5, 0.6) is 5.75 Å². The van der Waals surface area contributed by atoms with E-state index >= 15 is 0 Å². The van der Waals surface area contributed by atoms with Crippen molar-refractivity contribution in [2.24, 2.45) is 0 Å². The first-order valence-corrected chi connectivity index (χ1v) is 8.67. The van der Waals surface area contributed by atoms with Crippen molar-refractivity contribution < 1.29 is 22.7 Å². The number of halogens is 3. The van der Waals surface area contributed by atoms with E-state index in [1.807, 2.05) is 0 Å². The predicted molar refractivity (Wildman–Crippen MR) is 101 cm³/mol. The summed E-state index contributed by atoms with van der Waals surface area (Å²) in [6.45, 7) is 2.65. The van der Waals surface area contributed by atoms with Gasteiger partial charge < -0.3 is 10.1 Å². The Labute approximate surface area is 161 Å². The van der Waals surface area contributed by atoms with Crippen LogP contribution in [0.4, 0.5) is 18.9 Å². The maximum absolute atomic E-state index is 13.0. The molecule has 28 heavy (non-hydrogen) atoms. The standard InChI is InChI=1S/C21H19F3N2O2/c1-2-3-12-28-17-10-8-15(9-11-17)13-16(14-25)20(27)26-19-7-5-4-6-18(19)21(22,23)24/h4-11,13H,2-3,12H2,1H3,(H,26,27)/b16-13+. The van der Waals surface area contributed by atoms with Crippen LogP contribution in [0.1, 0.15) is 30.9 Å². The lowest BCUT2D eigenvalue weighted by atomic mass is 10.1. The number of amides is 1. The Bertz CT molecular complexity index is 882. The average Bonchev–Trinajstić information content (AvgIpc) is 2.67. The maximum Gasteiger partial charge on any atom is 0.418 e. The lowest BCUT2D eigenvalue weighted by Gasteiger charge is -2.13. The summed E-state index contributed by atoms with van der Waals surface area (Å²) in [5, 5.41) is 11.4. The van der Waals surface area contributed by atoms with Gasteiger partial charge in [-0.25, -0.2) is 0 Å². The fourth-order valence-electron chi connectivity index (χ4n) is 2.34. The van der Waals surface area contributed by atoms with Gasteiger partial charge in [0.05, 0.1) is 17.9 Å². The number of nitriles is 1. The second kappa shape index (κ2) is 9.60. The Morgan fingerprint density at radius 3 is 2.46 bits per heavy atom. The first-order chi connectivity index (χ1) is 13.3. The molecule has 146 valence electrons. The molecule has 0 aliphatic heterocycles. The van der Waals surface area contributed by atoms with Gasteiger partial charge in [0.2, 0.25) is 0 Å². The second-order valence-corrected chi connectivity index (χ2v) is 5.94. The van der Waals surface area contributed by atoms with Gasteiger partial charge in [0.1, 0.15) is 17.4 Å². The van der Waals surface area contributed by atoms with Gasteiger partial charge in [0, 0.05) is 0 Å². The number of nitrogens with zero attached hydrogens (tertiary/aromatic N) is 1. The molecule has 2 rings (SSSR count). The number of carbonyl (C=O) groups is 1. The second-order valence-electron chi connectivity index (χ2n) is 5.94. The molecule has 7 heteroatoms. The van der Waals surface area contributed by atoms with Crippen molar-refractivity contribution in [3.8, 4) is 11.8 Å². The number of benzene rings is 2. The van der Waals surface area contributed by atoms with E-state index in [1.165, 1.54) is 18.2 Å². The Kier molecular flexibility index (Phi) is 7.21. The molecule has 0 unspecified atom stereocenters. The summed E-state index contributed by atoms with van der Waals surface area (Å²) in [4.78, 5) is 12.3. The molecule has 0 atom stereocenters. The molecule has 2 aromatic carbocycles. The van der Waals surface area contributed by atoms with Crippen molar-refractivity contribution in [1.82, 2.24) is 0 Å². The summed E-state index contributed by atoms with van der Waals surface area (Å²) >= 11 is 0. The zero-order valence-electron chi connectivity index (χ0n) is 15.2. The van der Waals surface area contributed by atoms with Crippen molar-refractivity contribution in [2.75, 3.05) is 11.9 Å². The van der Waals surface area contributed by atoms with Gasteiger partial charge in [-0.2, -0.15) is 18.4 Å². The number of para-hydroxylation sites is 1. The maximum atomic E-state index is 13.0. The van der Waals surface area contributed by atoms with E-state index in [0.717, 1.165) is 25.0 Å². The lowest BCUT2D eigenvalue weighted by molar-refractivity contribution is -0.137. The highest BCUT2D eigenvalue weighted by Crippen LogP contribution is 2.34. The van der Waals surface area contributed by atoms with Gasteiger partial charge in [-0.3, -0.25) is 4.79 Å². The van der Waals surface area contributed by atoms with Crippen LogP contribution in [-0.2, 0) is 11.0 Å². The van der Waals surface area contributed by atoms with Crippen LogP contribution in [0.3, 0.4) is 0 Å². The quantitative estimate of drug-likeness (QED) is 0.391. The third kappa shape index (κ3) is 5.88. The minimum Gasteiger partial charge on any atom is -0.494 e. The molecular formula is C21H19F3N2O2. The normalized spacial score (nSPS) is 11.6. The molecule has 0 heterocycles. The minimum absolute atomic E-state index is 0.309. The molecule has 1 N–H and O–H groups in total. The van der Waals surface area contributed by atoms with E-state index in [9.17, 15) is 23.2 Å². The number of nitrogens with one attached hydrogen (secondary N) is 1. The van der Waals surface area contributed by atoms with Crippen molar-refractivity contribution >= 4 is 17.7 Å². The average molecular weight is 388 g/mol. The Morgan fingerprint density at radius 1 is 1.18 bits per heavy atom. The smallest absolute Gasteiger partial charge is 0.418 e. The van der Waals surface area contributed by atoms with E-state index < -0.39 is 23.3 Å². The monoisotopic (exact) mass is 388 g/mol. The Morgan fingerprint density at radius 2 is 1.86 bits per heavy atom. The molecule has 0 aliphatic rings. The van der Waals surface area contributed by atoms with Crippen LogP contribution in [0.2, 0.25) is 0 Å². The summed E-state index contributed by atoms with van der Waals surface area (Å²) in [5.74, 6) is -0.255. The van der Waals surface area contributed by atoms with E-state index in [-0.39, 0.29) is 5.57 Å². The number of ether oxygens (including phenoxy) is 1. The molecule has 0 radical (unpaired) electrons. The lowest BCUT2D eigenvalue weighted by Crippen LogP contribution is -2.17. The number of hydrogen-bond donors (Lipinski definition) is 1. The van der Waals surface area contributed by atoms with Gasteiger partial charge in [-0.1, -0.05) is 37.6 Å². The van der Waals surface area contributed by atoms with Crippen LogP contribution >= 0.6 is 0 Å². The van der Waals surface area contributed by atoms with E-state index in [2.05, 4.69) is 12.2 Å². The first kappa shape index (κ1) is 21.0. The molecule has 0 saturated heterocycles. The zero-order chi connectivity index (χ0) is 20.6. The molecule has 0 aromatic heterocycles. The van der Waals surface area contributed by atoms with Gasteiger partial charge in [-0.05, 0) is 42.3 Å². The summed E-state index contributed by atoms with van der Waals surface area (Å²) in [7, 11) is 0. The summed E-state index contributed by atoms with van der Waals surface area (Å²) in [5.41, 5.74) is -1.13. The molecule has 2 aromatic rings. The third-order valence-electron chi connectivity index (χ3n) is 3.80.